The van der Waals surface area contributed by atoms with Crippen molar-refractivity contribution in [3.8, 4) is 0 Å². The first-order chi connectivity index (χ1) is 12.7. The van der Waals surface area contributed by atoms with E-state index in [1.807, 2.05) is 40.9 Å². The lowest BCUT2D eigenvalue weighted by Crippen LogP contribution is -2.41. The molecule has 2 heterocycles. The summed E-state index contributed by atoms with van der Waals surface area (Å²) in [5.41, 5.74) is 2.07. The average Bonchev–Trinajstić information content (AvgIpc) is 3.35. The smallest absolute Gasteiger partial charge is 0.191 e. The Morgan fingerprint density at radius 1 is 1.15 bits per heavy atom. The molecule has 1 aromatic carbocycles. The standard InChI is InChI=1S/C19H21FN6.HI/c1-21-18(22-12-17-25-24-16-4-2-3-11-26(16)17)23-13-19(9-10-19)14-5-7-15(20)8-6-14;/h2-8,11H,9-10,12-13H2,1H3,(H2,21,22,23);1H. The van der Waals surface area contributed by atoms with Crippen molar-refractivity contribution in [1.29, 1.82) is 0 Å². The molecule has 1 aliphatic rings. The molecule has 0 amide bonds. The first-order valence-corrected chi connectivity index (χ1v) is 8.69. The molecule has 27 heavy (non-hydrogen) atoms. The number of hydrogen-bond acceptors (Lipinski definition) is 3. The molecular weight excluding hydrogens is 458 g/mol. The monoisotopic (exact) mass is 480 g/mol. The van der Waals surface area contributed by atoms with Crippen molar-refractivity contribution in [1.82, 2.24) is 25.2 Å². The molecular formula is C19H22FIN6. The van der Waals surface area contributed by atoms with E-state index in [2.05, 4.69) is 25.8 Å². The van der Waals surface area contributed by atoms with Crippen LogP contribution in [0.3, 0.4) is 0 Å². The Morgan fingerprint density at radius 2 is 1.93 bits per heavy atom. The quantitative estimate of drug-likeness (QED) is 0.335. The van der Waals surface area contributed by atoms with Gasteiger partial charge in [0.05, 0.1) is 6.54 Å². The van der Waals surface area contributed by atoms with Crippen LogP contribution < -0.4 is 10.6 Å². The second kappa shape index (κ2) is 8.20. The van der Waals surface area contributed by atoms with E-state index in [0.717, 1.165) is 30.9 Å². The molecule has 4 rings (SSSR count). The molecule has 1 saturated carbocycles. The summed E-state index contributed by atoms with van der Waals surface area (Å²) in [6, 6.07) is 12.6. The SMILES string of the molecule is CN=C(NCc1nnc2ccccn12)NCC1(c2ccc(F)cc2)CC1.I. The normalized spacial score (nSPS) is 15.3. The Hall–Kier alpha value is -2.23. The maximum absolute atomic E-state index is 13.2. The van der Waals surface area contributed by atoms with Crippen LogP contribution in [0.2, 0.25) is 0 Å². The lowest BCUT2D eigenvalue weighted by Gasteiger charge is -2.19. The fourth-order valence-electron chi connectivity index (χ4n) is 3.17. The number of rotatable bonds is 5. The van der Waals surface area contributed by atoms with Crippen LogP contribution >= 0.6 is 24.0 Å². The fourth-order valence-corrected chi connectivity index (χ4v) is 3.17. The van der Waals surface area contributed by atoms with Gasteiger partial charge in [-0.2, -0.15) is 0 Å². The number of fused-ring (bicyclic) bond motifs is 1. The van der Waals surface area contributed by atoms with Gasteiger partial charge in [0, 0.05) is 25.2 Å². The van der Waals surface area contributed by atoms with E-state index < -0.39 is 0 Å². The zero-order valence-electron chi connectivity index (χ0n) is 15.0. The molecule has 8 heteroatoms. The largest absolute Gasteiger partial charge is 0.356 e. The van der Waals surface area contributed by atoms with Crippen molar-refractivity contribution in [2.45, 2.75) is 24.8 Å². The van der Waals surface area contributed by atoms with Gasteiger partial charge in [-0.3, -0.25) is 9.39 Å². The van der Waals surface area contributed by atoms with E-state index in [9.17, 15) is 4.39 Å². The summed E-state index contributed by atoms with van der Waals surface area (Å²) in [6.45, 7) is 1.29. The molecule has 0 aliphatic heterocycles. The van der Waals surface area contributed by atoms with Crippen LogP contribution in [-0.4, -0.2) is 34.2 Å². The number of aliphatic imine (C=N–C) groups is 1. The lowest BCUT2D eigenvalue weighted by atomic mass is 9.96. The molecule has 1 aliphatic carbocycles. The minimum atomic E-state index is -0.199. The first-order valence-electron chi connectivity index (χ1n) is 8.69. The Bertz CT molecular complexity index is 933. The molecule has 0 unspecified atom stereocenters. The van der Waals surface area contributed by atoms with Gasteiger partial charge >= 0.3 is 0 Å². The van der Waals surface area contributed by atoms with E-state index in [1.54, 1.807) is 7.05 Å². The maximum Gasteiger partial charge on any atom is 0.191 e. The minimum Gasteiger partial charge on any atom is -0.356 e. The van der Waals surface area contributed by atoms with E-state index in [1.165, 1.54) is 17.7 Å². The van der Waals surface area contributed by atoms with E-state index in [4.69, 9.17) is 0 Å². The Labute approximate surface area is 174 Å². The molecule has 3 aromatic rings. The first kappa shape index (κ1) is 19.5. The van der Waals surface area contributed by atoms with Crippen molar-refractivity contribution in [2.75, 3.05) is 13.6 Å². The third kappa shape index (κ3) is 4.20. The number of nitrogens with zero attached hydrogens (tertiary/aromatic N) is 4. The molecule has 0 spiro atoms. The van der Waals surface area contributed by atoms with Crippen molar-refractivity contribution in [3.05, 3.63) is 65.9 Å². The highest BCUT2D eigenvalue weighted by Gasteiger charge is 2.44. The number of hydrogen-bond donors (Lipinski definition) is 2. The third-order valence-corrected chi connectivity index (χ3v) is 4.93. The zero-order valence-corrected chi connectivity index (χ0v) is 17.4. The number of pyridine rings is 1. The second-order valence-corrected chi connectivity index (χ2v) is 6.61. The highest BCUT2D eigenvalue weighted by molar-refractivity contribution is 14.0. The van der Waals surface area contributed by atoms with Crippen LogP contribution in [0.5, 0.6) is 0 Å². The predicted octanol–water partition coefficient (Wildman–Crippen LogP) is 2.88. The summed E-state index contributed by atoms with van der Waals surface area (Å²) in [5, 5.41) is 15.0. The predicted molar refractivity (Wildman–Crippen MR) is 114 cm³/mol. The van der Waals surface area contributed by atoms with Crippen LogP contribution in [-0.2, 0) is 12.0 Å². The number of guanidine groups is 1. The van der Waals surface area contributed by atoms with E-state index in [0.29, 0.717) is 12.5 Å². The van der Waals surface area contributed by atoms with Gasteiger partial charge in [0.2, 0.25) is 0 Å². The van der Waals surface area contributed by atoms with Gasteiger partial charge in [-0.1, -0.05) is 18.2 Å². The highest BCUT2D eigenvalue weighted by Crippen LogP contribution is 2.47. The molecule has 6 nitrogen and oxygen atoms in total. The maximum atomic E-state index is 13.2. The summed E-state index contributed by atoms with van der Waals surface area (Å²) in [7, 11) is 1.74. The van der Waals surface area contributed by atoms with Crippen LogP contribution in [0, 0.1) is 5.82 Å². The molecule has 2 aromatic heterocycles. The summed E-state index contributed by atoms with van der Waals surface area (Å²) in [6.07, 6.45) is 4.13. The summed E-state index contributed by atoms with van der Waals surface area (Å²) in [4.78, 5) is 4.28. The Kier molecular flexibility index (Phi) is 5.93. The lowest BCUT2D eigenvalue weighted by molar-refractivity contribution is 0.617. The van der Waals surface area contributed by atoms with Crippen molar-refractivity contribution in [3.63, 3.8) is 0 Å². The molecule has 0 bridgehead atoms. The van der Waals surface area contributed by atoms with Crippen molar-refractivity contribution >= 4 is 35.6 Å². The molecule has 0 radical (unpaired) electrons. The number of benzene rings is 1. The van der Waals surface area contributed by atoms with Gasteiger partial charge in [0.1, 0.15) is 5.82 Å². The van der Waals surface area contributed by atoms with Crippen LogP contribution in [0.25, 0.3) is 5.65 Å². The van der Waals surface area contributed by atoms with Crippen LogP contribution in [0.4, 0.5) is 4.39 Å². The molecule has 0 atom stereocenters. The summed E-state index contributed by atoms with van der Waals surface area (Å²) < 4.78 is 15.1. The number of halogens is 2. The molecule has 2 N–H and O–H groups in total. The van der Waals surface area contributed by atoms with Gasteiger partial charge < -0.3 is 10.6 Å². The molecule has 142 valence electrons. The second-order valence-electron chi connectivity index (χ2n) is 6.61. The summed E-state index contributed by atoms with van der Waals surface area (Å²) in [5.74, 6) is 1.34. The third-order valence-electron chi connectivity index (χ3n) is 4.93. The van der Waals surface area contributed by atoms with Gasteiger partial charge in [0.25, 0.3) is 0 Å². The van der Waals surface area contributed by atoms with Gasteiger partial charge in [-0.25, -0.2) is 4.39 Å². The topological polar surface area (TPSA) is 66.6 Å². The van der Waals surface area contributed by atoms with E-state index >= 15 is 0 Å². The van der Waals surface area contributed by atoms with Crippen LogP contribution in [0.15, 0.2) is 53.7 Å². The molecule has 0 saturated heterocycles. The zero-order chi connectivity index (χ0) is 18.0. The van der Waals surface area contributed by atoms with Crippen molar-refractivity contribution in [2.24, 2.45) is 4.99 Å². The van der Waals surface area contributed by atoms with Gasteiger partial charge in [0.15, 0.2) is 17.4 Å². The van der Waals surface area contributed by atoms with Crippen molar-refractivity contribution < 1.29 is 4.39 Å². The number of aromatic nitrogens is 3. The number of nitrogens with one attached hydrogen (secondary N) is 2. The van der Waals surface area contributed by atoms with E-state index in [-0.39, 0.29) is 35.2 Å². The Balaban J connectivity index is 0.00000210. The fraction of sp³-hybridized carbons (Fsp3) is 0.316. The summed E-state index contributed by atoms with van der Waals surface area (Å²) >= 11 is 0. The van der Waals surface area contributed by atoms with Gasteiger partial charge in [-0.05, 0) is 42.7 Å². The van der Waals surface area contributed by atoms with Gasteiger partial charge in [-0.15, -0.1) is 34.2 Å². The average molecular weight is 480 g/mol. The molecule has 1 fully saturated rings. The Morgan fingerprint density at radius 3 is 2.63 bits per heavy atom. The minimum absolute atomic E-state index is 0. The highest BCUT2D eigenvalue weighted by atomic mass is 127. The van der Waals surface area contributed by atoms with Crippen LogP contribution in [0.1, 0.15) is 24.2 Å².